The summed E-state index contributed by atoms with van der Waals surface area (Å²) in [7, 11) is 0. The molecule has 4 N–H and O–H groups in total. The summed E-state index contributed by atoms with van der Waals surface area (Å²) in [5.41, 5.74) is 0.299. The van der Waals surface area contributed by atoms with E-state index in [0.717, 1.165) is 0 Å². The van der Waals surface area contributed by atoms with E-state index in [1.165, 1.54) is 0 Å². The van der Waals surface area contributed by atoms with Gasteiger partial charge in [0.2, 0.25) is 0 Å². The van der Waals surface area contributed by atoms with Crippen molar-refractivity contribution >= 4 is 11.9 Å². The number of rotatable bonds is 13. The van der Waals surface area contributed by atoms with Gasteiger partial charge in [0.05, 0.1) is 25.4 Å². The Labute approximate surface area is 141 Å². The number of esters is 2. The molecule has 0 amide bonds. The van der Waals surface area contributed by atoms with Crippen molar-refractivity contribution in [2.24, 2.45) is 0 Å². The van der Waals surface area contributed by atoms with Gasteiger partial charge in [-0.05, 0) is 25.7 Å². The zero-order valence-corrected chi connectivity index (χ0v) is 13.6. The second-order valence-electron chi connectivity index (χ2n) is 5.23. The molecule has 2 atom stereocenters. The maximum absolute atomic E-state index is 11.6. The summed E-state index contributed by atoms with van der Waals surface area (Å²) in [5.74, 6) is -1.33. The van der Waals surface area contributed by atoms with Gasteiger partial charge in [0, 0.05) is 11.1 Å². The van der Waals surface area contributed by atoms with Crippen molar-refractivity contribution in [3.63, 3.8) is 0 Å². The first kappa shape index (κ1) is 22.3. The molecule has 0 aliphatic heterocycles. The molecule has 0 spiro atoms. The number of hydrogen-bond acceptors (Lipinski definition) is 8. The highest BCUT2D eigenvalue weighted by Crippen LogP contribution is 2.09. The normalized spacial score (nSPS) is 13.0. The predicted octanol–water partition coefficient (Wildman–Crippen LogP) is -0.548. The van der Waals surface area contributed by atoms with Gasteiger partial charge < -0.3 is 29.9 Å². The molecular formula is C16H26O8. The molecule has 0 saturated carbocycles. The van der Waals surface area contributed by atoms with Crippen LogP contribution < -0.4 is 0 Å². The van der Waals surface area contributed by atoms with E-state index < -0.39 is 37.4 Å². The Morgan fingerprint density at radius 3 is 1.42 bits per heavy atom. The SMILES string of the molecule is C=C(CCC(O)CO)C(=O)OCCOC(=O)C(=C)CCC(O)CO. The standard InChI is InChI=1S/C16H26O8/c1-11(3-5-13(19)9-17)15(21)23-7-8-24-16(22)12(2)4-6-14(20)10-18/h13-14,17-20H,1-10H2. The minimum absolute atomic E-state index is 0.149. The van der Waals surface area contributed by atoms with Crippen molar-refractivity contribution < 1.29 is 39.5 Å². The summed E-state index contributed by atoms with van der Waals surface area (Å²) in [6.07, 6.45) is -1.07. The third kappa shape index (κ3) is 10.1. The van der Waals surface area contributed by atoms with Crippen LogP contribution in [-0.2, 0) is 19.1 Å². The summed E-state index contributed by atoms with van der Waals surface area (Å²) in [6, 6.07) is 0. The lowest BCUT2D eigenvalue weighted by Gasteiger charge is -2.11. The van der Waals surface area contributed by atoms with Gasteiger partial charge in [-0.25, -0.2) is 9.59 Å². The van der Waals surface area contributed by atoms with E-state index in [-0.39, 0.29) is 50.0 Å². The first-order valence-corrected chi connectivity index (χ1v) is 7.59. The average Bonchev–Trinajstić information content (AvgIpc) is 2.59. The van der Waals surface area contributed by atoms with Crippen LogP contribution in [-0.4, -0.2) is 71.0 Å². The molecule has 8 heteroatoms. The summed E-state index contributed by atoms with van der Waals surface area (Å²) in [5, 5.41) is 35.7. The van der Waals surface area contributed by atoms with Crippen LogP contribution in [0.4, 0.5) is 0 Å². The molecule has 138 valence electrons. The van der Waals surface area contributed by atoms with Crippen LogP contribution in [0.5, 0.6) is 0 Å². The molecular weight excluding hydrogens is 320 g/mol. The average molecular weight is 346 g/mol. The van der Waals surface area contributed by atoms with Gasteiger partial charge in [-0.2, -0.15) is 0 Å². The Hall–Kier alpha value is -1.74. The maximum Gasteiger partial charge on any atom is 0.333 e. The van der Waals surface area contributed by atoms with Crippen molar-refractivity contribution in [3.8, 4) is 0 Å². The number of hydrogen-bond donors (Lipinski definition) is 4. The van der Waals surface area contributed by atoms with Crippen molar-refractivity contribution in [2.45, 2.75) is 37.9 Å². The van der Waals surface area contributed by atoms with Crippen LogP contribution in [0.3, 0.4) is 0 Å². The highest BCUT2D eigenvalue weighted by atomic mass is 16.6. The first-order chi connectivity index (χ1) is 11.3. The Balaban J connectivity index is 3.87. The maximum atomic E-state index is 11.6. The second kappa shape index (κ2) is 12.7. The molecule has 0 rings (SSSR count). The van der Waals surface area contributed by atoms with Crippen LogP contribution in [0.25, 0.3) is 0 Å². The van der Waals surface area contributed by atoms with Gasteiger partial charge in [-0.1, -0.05) is 13.2 Å². The Morgan fingerprint density at radius 1 is 0.792 bits per heavy atom. The number of ether oxygens (including phenoxy) is 2. The highest BCUT2D eigenvalue weighted by molar-refractivity contribution is 5.88. The fourth-order valence-corrected chi connectivity index (χ4v) is 1.54. The summed E-state index contributed by atoms with van der Waals surface area (Å²) < 4.78 is 9.71. The van der Waals surface area contributed by atoms with Gasteiger partial charge in [-0.3, -0.25) is 0 Å². The molecule has 0 saturated heterocycles. The first-order valence-electron chi connectivity index (χ1n) is 7.59. The van der Waals surface area contributed by atoms with Crippen molar-refractivity contribution in [1.29, 1.82) is 0 Å². The molecule has 0 radical (unpaired) electrons. The van der Waals surface area contributed by atoms with Crippen LogP contribution in [0, 0.1) is 0 Å². The van der Waals surface area contributed by atoms with E-state index in [1.807, 2.05) is 0 Å². The Morgan fingerprint density at radius 2 is 1.12 bits per heavy atom. The van der Waals surface area contributed by atoms with Crippen LogP contribution in [0.2, 0.25) is 0 Å². The van der Waals surface area contributed by atoms with E-state index in [4.69, 9.17) is 19.7 Å². The van der Waals surface area contributed by atoms with Gasteiger partial charge in [0.1, 0.15) is 13.2 Å². The van der Waals surface area contributed by atoms with Gasteiger partial charge in [0.15, 0.2) is 0 Å². The topological polar surface area (TPSA) is 134 Å². The lowest BCUT2D eigenvalue weighted by molar-refractivity contribution is -0.147. The second-order valence-corrected chi connectivity index (χ2v) is 5.23. The molecule has 0 heterocycles. The largest absolute Gasteiger partial charge is 0.459 e. The lowest BCUT2D eigenvalue weighted by Crippen LogP contribution is -2.18. The molecule has 0 bridgehead atoms. The fourth-order valence-electron chi connectivity index (χ4n) is 1.54. The van der Waals surface area contributed by atoms with Crippen LogP contribution in [0.1, 0.15) is 25.7 Å². The Bertz CT molecular complexity index is 392. The molecule has 0 aromatic carbocycles. The third-order valence-corrected chi connectivity index (χ3v) is 3.11. The smallest absolute Gasteiger partial charge is 0.333 e. The van der Waals surface area contributed by atoms with Gasteiger partial charge >= 0.3 is 11.9 Å². The van der Waals surface area contributed by atoms with E-state index in [1.54, 1.807) is 0 Å². The quantitative estimate of drug-likeness (QED) is 0.198. The molecule has 0 aromatic heterocycles. The summed E-state index contributed by atoms with van der Waals surface area (Å²) in [4.78, 5) is 23.1. The minimum Gasteiger partial charge on any atom is -0.459 e. The summed E-state index contributed by atoms with van der Waals surface area (Å²) >= 11 is 0. The number of carbonyl (C=O) groups excluding carboxylic acids is 2. The van der Waals surface area contributed by atoms with Crippen molar-refractivity contribution in [1.82, 2.24) is 0 Å². The highest BCUT2D eigenvalue weighted by Gasteiger charge is 2.13. The van der Waals surface area contributed by atoms with E-state index in [9.17, 15) is 19.8 Å². The summed E-state index contributed by atoms with van der Waals surface area (Å²) in [6.45, 7) is 5.95. The van der Waals surface area contributed by atoms with E-state index in [0.29, 0.717) is 0 Å². The Kier molecular flexibility index (Phi) is 11.7. The molecule has 8 nitrogen and oxygen atoms in total. The zero-order valence-electron chi connectivity index (χ0n) is 13.6. The molecule has 0 aliphatic carbocycles. The van der Waals surface area contributed by atoms with E-state index in [2.05, 4.69) is 13.2 Å². The predicted molar refractivity (Wildman–Crippen MR) is 84.9 cm³/mol. The molecule has 2 unspecified atom stereocenters. The molecule has 0 fully saturated rings. The van der Waals surface area contributed by atoms with Crippen LogP contribution in [0.15, 0.2) is 24.3 Å². The molecule has 24 heavy (non-hydrogen) atoms. The molecule has 0 aliphatic rings. The lowest BCUT2D eigenvalue weighted by atomic mass is 10.1. The minimum atomic E-state index is -0.911. The van der Waals surface area contributed by atoms with Gasteiger partial charge in [-0.15, -0.1) is 0 Å². The number of aliphatic hydroxyl groups is 4. The van der Waals surface area contributed by atoms with Crippen molar-refractivity contribution in [2.75, 3.05) is 26.4 Å². The van der Waals surface area contributed by atoms with E-state index >= 15 is 0 Å². The number of aliphatic hydroxyl groups excluding tert-OH is 4. The fraction of sp³-hybridized carbons (Fsp3) is 0.625. The number of carbonyl (C=O) groups is 2. The van der Waals surface area contributed by atoms with Gasteiger partial charge in [0.25, 0.3) is 0 Å². The zero-order chi connectivity index (χ0) is 18.5. The monoisotopic (exact) mass is 346 g/mol. The van der Waals surface area contributed by atoms with Crippen molar-refractivity contribution in [3.05, 3.63) is 24.3 Å². The van der Waals surface area contributed by atoms with Crippen LogP contribution >= 0.6 is 0 Å². The third-order valence-electron chi connectivity index (χ3n) is 3.11. The molecule has 0 aromatic rings.